The van der Waals surface area contributed by atoms with Gasteiger partial charge in [0.1, 0.15) is 0 Å². The minimum atomic E-state index is 0.510. The van der Waals surface area contributed by atoms with Gasteiger partial charge in [-0.05, 0) is 55.7 Å². The van der Waals surface area contributed by atoms with Gasteiger partial charge in [-0.3, -0.25) is 0 Å². The molecule has 2 heteroatoms. The van der Waals surface area contributed by atoms with Crippen LogP contribution in [0.3, 0.4) is 0 Å². The molecule has 1 N–H and O–H groups in total. The van der Waals surface area contributed by atoms with Crippen LogP contribution in [0.25, 0.3) is 0 Å². The fourth-order valence-corrected chi connectivity index (χ4v) is 3.42. The molecule has 0 aliphatic heterocycles. The normalized spacial score (nSPS) is 29.2. The molecule has 106 valence electrons. The van der Waals surface area contributed by atoms with Crippen LogP contribution in [0.4, 0.5) is 0 Å². The van der Waals surface area contributed by atoms with Crippen molar-refractivity contribution in [2.45, 2.75) is 58.5 Å². The van der Waals surface area contributed by atoms with Crippen molar-refractivity contribution in [2.75, 3.05) is 0 Å². The fourth-order valence-electron chi connectivity index (χ4n) is 3.21. The largest absolute Gasteiger partial charge is 0.311 e. The van der Waals surface area contributed by atoms with Crippen molar-refractivity contribution in [2.24, 2.45) is 11.8 Å². The van der Waals surface area contributed by atoms with Gasteiger partial charge in [0.15, 0.2) is 0 Å². The molecule has 0 bridgehead atoms. The highest BCUT2D eigenvalue weighted by molar-refractivity contribution is 6.30. The average molecular weight is 280 g/mol. The first kappa shape index (κ1) is 14.9. The van der Waals surface area contributed by atoms with Crippen LogP contribution in [-0.4, -0.2) is 12.1 Å². The summed E-state index contributed by atoms with van der Waals surface area (Å²) in [4.78, 5) is 0. The zero-order valence-corrected chi connectivity index (χ0v) is 13.1. The Morgan fingerprint density at radius 2 is 2.11 bits per heavy atom. The van der Waals surface area contributed by atoms with Gasteiger partial charge < -0.3 is 5.32 Å². The molecule has 4 atom stereocenters. The summed E-state index contributed by atoms with van der Waals surface area (Å²) in [6.07, 6.45) is 5.13. The van der Waals surface area contributed by atoms with Crippen LogP contribution in [0.2, 0.25) is 5.02 Å². The molecule has 2 rings (SSSR count). The van der Waals surface area contributed by atoms with Crippen molar-refractivity contribution in [3.63, 3.8) is 0 Å². The SMILES string of the molecule is CC1CCC(C)C(NC(C)Cc2cccc(Cl)c2)C1. The van der Waals surface area contributed by atoms with Gasteiger partial charge in [0.2, 0.25) is 0 Å². The van der Waals surface area contributed by atoms with Gasteiger partial charge in [0.25, 0.3) is 0 Å². The molecule has 0 amide bonds. The number of nitrogens with one attached hydrogen (secondary N) is 1. The molecule has 1 aliphatic rings. The van der Waals surface area contributed by atoms with Crippen molar-refractivity contribution in [1.29, 1.82) is 0 Å². The summed E-state index contributed by atoms with van der Waals surface area (Å²) in [7, 11) is 0. The van der Waals surface area contributed by atoms with Gasteiger partial charge in [-0.1, -0.05) is 44.0 Å². The van der Waals surface area contributed by atoms with E-state index >= 15 is 0 Å². The van der Waals surface area contributed by atoms with E-state index in [9.17, 15) is 0 Å². The zero-order valence-electron chi connectivity index (χ0n) is 12.3. The van der Waals surface area contributed by atoms with Gasteiger partial charge in [0, 0.05) is 17.1 Å². The smallest absolute Gasteiger partial charge is 0.0408 e. The van der Waals surface area contributed by atoms with Crippen LogP contribution in [0.15, 0.2) is 24.3 Å². The molecule has 0 heterocycles. The molecule has 19 heavy (non-hydrogen) atoms. The quantitative estimate of drug-likeness (QED) is 0.843. The lowest BCUT2D eigenvalue weighted by Gasteiger charge is -2.35. The first-order valence-corrected chi connectivity index (χ1v) is 7.93. The third-order valence-electron chi connectivity index (χ3n) is 4.39. The zero-order chi connectivity index (χ0) is 13.8. The molecule has 1 aromatic rings. The highest BCUT2D eigenvalue weighted by Gasteiger charge is 2.26. The summed E-state index contributed by atoms with van der Waals surface area (Å²) >= 11 is 6.04. The molecule has 0 spiro atoms. The maximum atomic E-state index is 6.04. The third kappa shape index (κ3) is 4.50. The first-order valence-electron chi connectivity index (χ1n) is 7.55. The molecule has 0 radical (unpaired) electrons. The van der Waals surface area contributed by atoms with Crippen molar-refractivity contribution >= 4 is 11.6 Å². The minimum absolute atomic E-state index is 0.510. The average Bonchev–Trinajstić information content (AvgIpc) is 2.34. The van der Waals surface area contributed by atoms with Gasteiger partial charge >= 0.3 is 0 Å². The summed E-state index contributed by atoms with van der Waals surface area (Å²) < 4.78 is 0. The van der Waals surface area contributed by atoms with E-state index in [4.69, 9.17) is 11.6 Å². The molecule has 1 aliphatic carbocycles. The third-order valence-corrected chi connectivity index (χ3v) is 4.62. The summed E-state index contributed by atoms with van der Waals surface area (Å²) in [5.74, 6) is 1.67. The standard InChI is InChI=1S/C17H26ClN/c1-12-7-8-13(2)17(9-12)19-14(3)10-15-5-4-6-16(18)11-15/h4-6,11-14,17,19H,7-10H2,1-3H3. The van der Waals surface area contributed by atoms with Crippen LogP contribution in [0.1, 0.15) is 45.6 Å². The maximum absolute atomic E-state index is 6.04. The lowest BCUT2D eigenvalue weighted by Crippen LogP contribution is -2.44. The Balaban J connectivity index is 1.88. The number of hydrogen-bond acceptors (Lipinski definition) is 1. The Hall–Kier alpha value is -0.530. The van der Waals surface area contributed by atoms with E-state index in [0.717, 1.165) is 23.3 Å². The Kier molecular flexibility index (Phi) is 5.29. The Bertz CT molecular complexity index is 404. The van der Waals surface area contributed by atoms with Crippen LogP contribution in [0, 0.1) is 11.8 Å². The molecular weight excluding hydrogens is 254 g/mol. The predicted molar refractivity (Wildman–Crippen MR) is 83.7 cm³/mol. The van der Waals surface area contributed by atoms with Gasteiger partial charge in [-0.15, -0.1) is 0 Å². The van der Waals surface area contributed by atoms with Crippen molar-refractivity contribution in [1.82, 2.24) is 5.32 Å². The van der Waals surface area contributed by atoms with Crippen LogP contribution in [0.5, 0.6) is 0 Å². The molecule has 4 unspecified atom stereocenters. The van der Waals surface area contributed by atoms with E-state index in [2.05, 4.69) is 38.2 Å². The van der Waals surface area contributed by atoms with E-state index in [0.29, 0.717) is 12.1 Å². The number of benzene rings is 1. The second kappa shape index (κ2) is 6.76. The van der Waals surface area contributed by atoms with Crippen LogP contribution < -0.4 is 5.32 Å². The summed E-state index contributed by atoms with van der Waals surface area (Å²) in [5, 5.41) is 4.66. The summed E-state index contributed by atoms with van der Waals surface area (Å²) in [6.45, 7) is 7.05. The van der Waals surface area contributed by atoms with E-state index in [1.807, 2.05) is 12.1 Å². The molecule has 0 aromatic heterocycles. The molecule has 0 saturated heterocycles. The van der Waals surface area contributed by atoms with E-state index < -0.39 is 0 Å². The van der Waals surface area contributed by atoms with Crippen molar-refractivity contribution in [3.05, 3.63) is 34.9 Å². The Morgan fingerprint density at radius 1 is 1.32 bits per heavy atom. The van der Waals surface area contributed by atoms with Crippen LogP contribution >= 0.6 is 11.6 Å². The van der Waals surface area contributed by atoms with Gasteiger partial charge in [0.05, 0.1) is 0 Å². The molecule has 1 fully saturated rings. The van der Waals surface area contributed by atoms with E-state index in [1.165, 1.54) is 24.8 Å². The Morgan fingerprint density at radius 3 is 2.84 bits per heavy atom. The summed E-state index contributed by atoms with van der Waals surface area (Å²) in [6, 6.07) is 9.40. The van der Waals surface area contributed by atoms with Gasteiger partial charge in [-0.2, -0.15) is 0 Å². The fraction of sp³-hybridized carbons (Fsp3) is 0.647. The second-order valence-corrected chi connectivity index (χ2v) is 6.84. The number of halogens is 1. The maximum Gasteiger partial charge on any atom is 0.0408 e. The molecule has 1 saturated carbocycles. The summed E-state index contributed by atoms with van der Waals surface area (Å²) in [5.41, 5.74) is 1.32. The molecule has 1 nitrogen and oxygen atoms in total. The number of hydrogen-bond donors (Lipinski definition) is 1. The lowest BCUT2D eigenvalue weighted by molar-refractivity contribution is 0.215. The van der Waals surface area contributed by atoms with Gasteiger partial charge in [-0.25, -0.2) is 0 Å². The molecular formula is C17H26ClN. The predicted octanol–water partition coefficient (Wildman–Crippen LogP) is 4.69. The van der Waals surface area contributed by atoms with Crippen molar-refractivity contribution in [3.8, 4) is 0 Å². The lowest BCUT2D eigenvalue weighted by atomic mass is 9.79. The first-order chi connectivity index (χ1) is 9.04. The minimum Gasteiger partial charge on any atom is -0.311 e. The Labute approximate surface area is 122 Å². The van der Waals surface area contributed by atoms with E-state index in [-0.39, 0.29) is 0 Å². The molecule has 1 aromatic carbocycles. The second-order valence-electron chi connectivity index (χ2n) is 6.40. The van der Waals surface area contributed by atoms with Crippen molar-refractivity contribution < 1.29 is 0 Å². The van der Waals surface area contributed by atoms with E-state index in [1.54, 1.807) is 0 Å². The topological polar surface area (TPSA) is 12.0 Å². The highest BCUT2D eigenvalue weighted by atomic mass is 35.5. The van der Waals surface area contributed by atoms with Crippen LogP contribution in [-0.2, 0) is 6.42 Å². The highest BCUT2D eigenvalue weighted by Crippen LogP contribution is 2.28. The number of rotatable bonds is 4. The monoisotopic (exact) mass is 279 g/mol.